The minimum absolute atomic E-state index is 0.00467. The van der Waals surface area contributed by atoms with Crippen molar-refractivity contribution in [2.45, 2.75) is 19.3 Å². The fourth-order valence-corrected chi connectivity index (χ4v) is 3.58. The van der Waals surface area contributed by atoms with Crippen molar-refractivity contribution in [3.05, 3.63) is 64.5 Å². The van der Waals surface area contributed by atoms with Crippen LogP contribution in [0.25, 0.3) is 16.9 Å². The summed E-state index contributed by atoms with van der Waals surface area (Å²) in [5, 5.41) is 14.2. The van der Waals surface area contributed by atoms with Gasteiger partial charge in [0.2, 0.25) is 0 Å². The first kappa shape index (κ1) is 18.9. The number of halogens is 2. The van der Waals surface area contributed by atoms with Crippen LogP contribution in [0.15, 0.2) is 47.3 Å². The van der Waals surface area contributed by atoms with E-state index in [4.69, 9.17) is 5.73 Å². The van der Waals surface area contributed by atoms with Gasteiger partial charge in [0.25, 0.3) is 5.56 Å². The Labute approximate surface area is 165 Å². The van der Waals surface area contributed by atoms with Crippen molar-refractivity contribution in [1.82, 2.24) is 9.78 Å². The highest BCUT2D eigenvalue weighted by Gasteiger charge is 2.24. The smallest absolute Gasteiger partial charge is 0.296 e. The van der Waals surface area contributed by atoms with Crippen LogP contribution in [0.2, 0.25) is 0 Å². The maximum atomic E-state index is 13.5. The number of nitrogens with zero attached hydrogens (tertiary/aromatic N) is 3. The van der Waals surface area contributed by atoms with E-state index >= 15 is 0 Å². The van der Waals surface area contributed by atoms with Crippen LogP contribution >= 0.6 is 0 Å². The molecule has 8 heteroatoms. The summed E-state index contributed by atoms with van der Waals surface area (Å²) in [6, 6.07) is 9.25. The first-order valence-corrected chi connectivity index (χ1v) is 9.38. The molecule has 150 valence electrons. The van der Waals surface area contributed by atoms with Crippen molar-refractivity contribution in [3.63, 3.8) is 0 Å². The number of anilines is 2. The van der Waals surface area contributed by atoms with Crippen LogP contribution in [-0.4, -0.2) is 28.0 Å². The Bertz CT molecular complexity index is 1110. The van der Waals surface area contributed by atoms with E-state index in [1.807, 2.05) is 4.90 Å². The second-order valence-corrected chi connectivity index (χ2v) is 7.02. The van der Waals surface area contributed by atoms with Crippen LogP contribution < -0.4 is 16.2 Å². The molecule has 4 rings (SSSR count). The average molecular weight is 398 g/mol. The summed E-state index contributed by atoms with van der Waals surface area (Å²) in [7, 11) is 0. The number of hydrogen-bond donors (Lipinski definition) is 2. The van der Waals surface area contributed by atoms with Crippen molar-refractivity contribution in [2.24, 2.45) is 0 Å². The summed E-state index contributed by atoms with van der Waals surface area (Å²) in [5.74, 6) is -1.80. The van der Waals surface area contributed by atoms with E-state index in [2.05, 4.69) is 5.10 Å². The zero-order valence-electron chi connectivity index (χ0n) is 15.6. The number of aromatic nitrogens is 2. The monoisotopic (exact) mass is 398 g/mol. The van der Waals surface area contributed by atoms with Gasteiger partial charge in [-0.05, 0) is 55.7 Å². The van der Waals surface area contributed by atoms with Gasteiger partial charge in [-0.2, -0.15) is 9.78 Å². The second-order valence-electron chi connectivity index (χ2n) is 7.02. The quantitative estimate of drug-likeness (QED) is 0.706. The molecule has 0 atom stereocenters. The van der Waals surface area contributed by atoms with Gasteiger partial charge in [0.1, 0.15) is 17.2 Å². The molecule has 1 aliphatic heterocycles. The zero-order valence-corrected chi connectivity index (χ0v) is 15.6. The molecule has 0 saturated carbocycles. The van der Waals surface area contributed by atoms with Crippen molar-refractivity contribution >= 4 is 11.4 Å². The average Bonchev–Trinajstić information content (AvgIpc) is 2.73. The molecule has 3 aromatic rings. The minimum atomic E-state index is -0.807. The first-order valence-electron chi connectivity index (χ1n) is 9.38. The van der Waals surface area contributed by atoms with Gasteiger partial charge < -0.3 is 15.7 Å². The Morgan fingerprint density at radius 2 is 1.69 bits per heavy atom. The van der Waals surface area contributed by atoms with Crippen LogP contribution in [0.3, 0.4) is 0 Å². The lowest BCUT2D eigenvalue weighted by Gasteiger charge is -2.31. The van der Waals surface area contributed by atoms with E-state index in [9.17, 15) is 18.7 Å². The SMILES string of the molecule is Nc1c(N2CCCCC2)c(-c2ccc(F)cc2)nn(-c2ccc(F)c(O)c2)c1=O. The molecule has 29 heavy (non-hydrogen) atoms. The molecule has 0 spiro atoms. The van der Waals surface area contributed by atoms with Crippen LogP contribution in [0.5, 0.6) is 5.75 Å². The summed E-state index contributed by atoms with van der Waals surface area (Å²) in [6.07, 6.45) is 3.04. The topological polar surface area (TPSA) is 84.4 Å². The van der Waals surface area contributed by atoms with E-state index in [1.165, 1.54) is 18.2 Å². The van der Waals surface area contributed by atoms with Gasteiger partial charge in [-0.25, -0.2) is 8.78 Å². The minimum Gasteiger partial charge on any atom is -0.505 e. The molecule has 0 radical (unpaired) electrons. The van der Waals surface area contributed by atoms with E-state index in [-0.39, 0.29) is 11.4 Å². The lowest BCUT2D eigenvalue weighted by molar-refractivity contribution is 0.432. The van der Waals surface area contributed by atoms with Crippen molar-refractivity contribution < 1.29 is 13.9 Å². The largest absolute Gasteiger partial charge is 0.505 e. The lowest BCUT2D eigenvalue weighted by Crippen LogP contribution is -2.35. The van der Waals surface area contributed by atoms with Gasteiger partial charge in [0.15, 0.2) is 11.6 Å². The molecular weight excluding hydrogens is 378 g/mol. The molecule has 1 aliphatic rings. The van der Waals surface area contributed by atoms with Crippen LogP contribution in [0.4, 0.5) is 20.2 Å². The summed E-state index contributed by atoms with van der Waals surface area (Å²) < 4.78 is 27.9. The molecule has 0 bridgehead atoms. The number of piperidine rings is 1. The summed E-state index contributed by atoms with van der Waals surface area (Å²) >= 11 is 0. The third kappa shape index (κ3) is 3.53. The predicted molar refractivity (Wildman–Crippen MR) is 107 cm³/mol. The number of hydrogen-bond acceptors (Lipinski definition) is 5. The molecular formula is C21H20F2N4O2. The number of benzene rings is 2. The number of phenols is 1. The van der Waals surface area contributed by atoms with Crippen LogP contribution in [-0.2, 0) is 0 Å². The molecule has 0 amide bonds. The maximum absolute atomic E-state index is 13.5. The number of rotatable bonds is 3. The van der Waals surface area contributed by atoms with E-state index in [0.29, 0.717) is 16.9 Å². The summed E-state index contributed by atoms with van der Waals surface area (Å²) in [6.45, 7) is 1.47. The van der Waals surface area contributed by atoms with E-state index in [1.54, 1.807) is 12.1 Å². The Balaban J connectivity index is 1.96. The van der Waals surface area contributed by atoms with Gasteiger partial charge in [0.05, 0.1) is 11.4 Å². The summed E-state index contributed by atoms with van der Waals surface area (Å²) in [5.41, 5.74) is 7.41. The molecule has 6 nitrogen and oxygen atoms in total. The van der Waals surface area contributed by atoms with Crippen LogP contribution in [0, 0.1) is 11.6 Å². The molecule has 3 N–H and O–H groups in total. The van der Waals surface area contributed by atoms with Gasteiger partial charge >= 0.3 is 0 Å². The Morgan fingerprint density at radius 1 is 1.00 bits per heavy atom. The molecule has 0 unspecified atom stereocenters. The molecule has 2 aromatic carbocycles. The first-order chi connectivity index (χ1) is 14.0. The molecule has 2 heterocycles. The summed E-state index contributed by atoms with van der Waals surface area (Å²) in [4.78, 5) is 15.0. The van der Waals surface area contributed by atoms with Crippen molar-refractivity contribution in [1.29, 1.82) is 0 Å². The number of nitrogens with two attached hydrogens (primary N) is 1. The Hall–Kier alpha value is -3.42. The van der Waals surface area contributed by atoms with Crippen molar-refractivity contribution in [3.8, 4) is 22.7 Å². The third-order valence-corrected chi connectivity index (χ3v) is 5.07. The molecule has 1 aromatic heterocycles. The highest BCUT2D eigenvalue weighted by atomic mass is 19.1. The highest BCUT2D eigenvalue weighted by Crippen LogP contribution is 2.34. The van der Waals surface area contributed by atoms with Crippen LogP contribution in [0.1, 0.15) is 19.3 Å². The van der Waals surface area contributed by atoms with Crippen molar-refractivity contribution in [2.75, 3.05) is 23.7 Å². The van der Waals surface area contributed by atoms with Gasteiger partial charge in [-0.1, -0.05) is 0 Å². The van der Waals surface area contributed by atoms with Gasteiger partial charge in [0, 0.05) is 24.7 Å². The highest BCUT2D eigenvalue weighted by molar-refractivity contribution is 5.83. The van der Waals surface area contributed by atoms with E-state index < -0.39 is 22.9 Å². The standard InChI is InChI=1S/C21H20F2N4O2/c22-14-6-4-13(5-7-14)19-20(26-10-2-1-3-11-26)18(24)21(29)27(25-19)15-8-9-16(23)17(28)12-15/h4-9,12,28H,1-3,10-11,24H2. The number of phenolic OH excluding ortho intramolecular Hbond substituents is 1. The lowest BCUT2D eigenvalue weighted by atomic mass is 10.1. The molecule has 1 fully saturated rings. The van der Waals surface area contributed by atoms with E-state index in [0.717, 1.165) is 49.2 Å². The molecule has 1 saturated heterocycles. The predicted octanol–water partition coefficient (Wildman–Crippen LogP) is 3.46. The zero-order chi connectivity index (χ0) is 20.5. The fraction of sp³-hybridized carbons (Fsp3) is 0.238. The fourth-order valence-electron chi connectivity index (χ4n) is 3.58. The number of aromatic hydroxyl groups is 1. The van der Waals surface area contributed by atoms with Gasteiger partial charge in [-0.15, -0.1) is 0 Å². The molecule has 0 aliphatic carbocycles. The normalized spacial score (nSPS) is 14.2. The Morgan fingerprint density at radius 3 is 2.34 bits per heavy atom. The van der Waals surface area contributed by atoms with Gasteiger partial charge in [-0.3, -0.25) is 4.79 Å². The third-order valence-electron chi connectivity index (χ3n) is 5.07. The number of nitrogen functional groups attached to an aromatic ring is 1. The second kappa shape index (κ2) is 7.54. The maximum Gasteiger partial charge on any atom is 0.296 e. The Kier molecular flexibility index (Phi) is 4.92.